The Bertz CT molecular complexity index is 527. The van der Waals surface area contributed by atoms with Crippen LogP contribution in [0, 0.1) is 11.7 Å². The second-order valence-electron chi connectivity index (χ2n) is 6.00. The molecule has 3 rings (SSSR count). The third kappa shape index (κ3) is 3.02. The number of nitrogens with one attached hydrogen (secondary N) is 1. The number of nitrogens with zero attached hydrogens (tertiary/aromatic N) is 1. The van der Waals surface area contributed by atoms with Gasteiger partial charge in [-0.3, -0.25) is 0 Å². The predicted octanol–water partition coefficient (Wildman–Crippen LogP) is 2.23. The van der Waals surface area contributed by atoms with E-state index in [-0.39, 0.29) is 24.5 Å². The maximum Gasteiger partial charge on any atom is 0.317 e. The van der Waals surface area contributed by atoms with Crippen molar-refractivity contribution in [2.45, 2.75) is 31.7 Å². The van der Waals surface area contributed by atoms with E-state index in [0.717, 1.165) is 36.8 Å². The van der Waals surface area contributed by atoms with E-state index in [2.05, 4.69) is 5.32 Å². The van der Waals surface area contributed by atoms with Crippen molar-refractivity contribution in [1.82, 2.24) is 10.2 Å². The van der Waals surface area contributed by atoms with Gasteiger partial charge in [0.1, 0.15) is 5.82 Å². The molecule has 4 nitrogen and oxygen atoms in total. The first-order valence-corrected chi connectivity index (χ1v) is 7.62. The smallest absolute Gasteiger partial charge is 0.317 e. The van der Waals surface area contributed by atoms with E-state index in [9.17, 15) is 9.18 Å². The molecule has 1 fully saturated rings. The molecule has 0 aromatic heterocycles. The second kappa shape index (κ2) is 6.02. The summed E-state index contributed by atoms with van der Waals surface area (Å²) in [4.78, 5) is 14.1. The minimum atomic E-state index is -0.251. The number of aryl methyl sites for hydroxylation is 1. The number of likely N-dealkylation sites (tertiary alicyclic amines) is 1. The normalized spacial score (nSPS) is 22.2. The number of rotatable bonds is 2. The van der Waals surface area contributed by atoms with E-state index in [4.69, 9.17) is 5.11 Å². The van der Waals surface area contributed by atoms with Crippen molar-refractivity contribution >= 4 is 6.03 Å². The Labute approximate surface area is 124 Å². The molecule has 114 valence electrons. The van der Waals surface area contributed by atoms with Crippen LogP contribution in [0.25, 0.3) is 0 Å². The third-order valence-corrected chi connectivity index (χ3v) is 4.64. The number of halogens is 1. The van der Waals surface area contributed by atoms with Crippen molar-refractivity contribution in [3.63, 3.8) is 0 Å². The fourth-order valence-corrected chi connectivity index (χ4v) is 3.28. The van der Waals surface area contributed by atoms with Crippen molar-refractivity contribution in [3.05, 3.63) is 35.1 Å². The summed E-state index contributed by atoms with van der Waals surface area (Å²) in [6, 6.07) is 4.66. The number of piperidine rings is 1. The molecule has 2 N–H and O–H groups in total. The highest BCUT2D eigenvalue weighted by Crippen LogP contribution is 2.31. The van der Waals surface area contributed by atoms with E-state index in [1.807, 2.05) is 6.07 Å². The highest BCUT2D eigenvalue weighted by molar-refractivity contribution is 5.75. The minimum Gasteiger partial charge on any atom is -0.396 e. The number of amides is 2. The first-order chi connectivity index (χ1) is 10.2. The Balaban J connectivity index is 1.61. The summed E-state index contributed by atoms with van der Waals surface area (Å²) in [6.07, 6.45) is 3.41. The number of benzene rings is 1. The van der Waals surface area contributed by atoms with Crippen LogP contribution in [0.2, 0.25) is 0 Å². The number of fused-ring (bicyclic) bond motifs is 1. The van der Waals surface area contributed by atoms with E-state index in [1.165, 1.54) is 12.1 Å². The molecule has 1 aliphatic heterocycles. The van der Waals surface area contributed by atoms with Crippen LogP contribution >= 0.6 is 0 Å². The number of carbonyl (C=O) groups is 1. The quantitative estimate of drug-likeness (QED) is 0.878. The molecular weight excluding hydrogens is 271 g/mol. The SMILES string of the molecule is O=C(NC1CCc2ccc(F)cc21)N1CCC(CO)CC1. The molecule has 2 aliphatic rings. The molecule has 2 amide bonds. The number of aliphatic hydroxyl groups is 1. The fourth-order valence-electron chi connectivity index (χ4n) is 3.28. The van der Waals surface area contributed by atoms with Gasteiger partial charge in [-0.25, -0.2) is 9.18 Å². The summed E-state index contributed by atoms with van der Waals surface area (Å²) in [6.45, 7) is 1.56. The molecule has 1 unspecified atom stereocenters. The number of urea groups is 1. The topological polar surface area (TPSA) is 52.6 Å². The Morgan fingerprint density at radius 2 is 2.10 bits per heavy atom. The lowest BCUT2D eigenvalue weighted by Gasteiger charge is -2.32. The molecule has 0 radical (unpaired) electrons. The first-order valence-electron chi connectivity index (χ1n) is 7.62. The van der Waals surface area contributed by atoms with Gasteiger partial charge in [-0.05, 0) is 54.9 Å². The van der Waals surface area contributed by atoms with Gasteiger partial charge in [0, 0.05) is 19.7 Å². The van der Waals surface area contributed by atoms with Crippen LogP contribution in [-0.4, -0.2) is 35.7 Å². The molecule has 1 aliphatic carbocycles. The molecule has 5 heteroatoms. The third-order valence-electron chi connectivity index (χ3n) is 4.64. The van der Waals surface area contributed by atoms with Crippen LogP contribution in [0.1, 0.15) is 36.4 Å². The lowest BCUT2D eigenvalue weighted by molar-refractivity contribution is 0.135. The molecule has 1 aromatic rings. The molecule has 0 bridgehead atoms. The van der Waals surface area contributed by atoms with Crippen LogP contribution in [0.4, 0.5) is 9.18 Å². The largest absolute Gasteiger partial charge is 0.396 e. The fraction of sp³-hybridized carbons (Fsp3) is 0.562. The highest BCUT2D eigenvalue weighted by atomic mass is 19.1. The Morgan fingerprint density at radius 3 is 2.81 bits per heavy atom. The summed E-state index contributed by atoms with van der Waals surface area (Å²) in [5, 5.41) is 12.1. The summed E-state index contributed by atoms with van der Waals surface area (Å²) in [5.41, 5.74) is 2.04. The van der Waals surface area contributed by atoms with Crippen LogP contribution in [0.5, 0.6) is 0 Å². The van der Waals surface area contributed by atoms with Crippen LogP contribution in [0.15, 0.2) is 18.2 Å². The van der Waals surface area contributed by atoms with Gasteiger partial charge in [0.2, 0.25) is 0 Å². The maximum absolute atomic E-state index is 13.4. The van der Waals surface area contributed by atoms with Gasteiger partial charge >= 0.3 is 6.03 Å². The van der Waals surface area contributed by atoms with Crippen molar-refractivity contribution in [3.8, 4) is 0 Å². The van der Waals surface area contributed by atoms with Crippen LogP contribution in [-0.2, 0) is 6.42 Å². The Morgan fingerprint density at radius 1 is 1.33 bits per heavy atom. The lowest BCUT2D eigenvalue weighted by atomic mass is 9.98. The van der Waals surface area contributed by atoms with E-state index >= 15 is 0 Å². The van der Waals surface area contributed by atoms with Crippen LogP contribution < -0.4 is 5.32 Å². The predicted molar refractivity (Wildman–Crippen MR) is 77.4 cm³/mol. The average molecular weight is 292 g/mol. The molecule has 1 atom stereocenters. The van der Waals surface area contributed by atoms with Gasteiger partial charge in [0.25, 0.3) is 0 Å². The highest BCUT2D eigenvalue weighted by Gasteiger charge is 2.28. The zero-order valence-corrected chi connectivity index (χ0v) is 12.0. The lowest BCUT2D eigenvalue weighted by Crippen LogP contribution is -2.45. The van der Waals surface area contributed by atoms with Gasteiger partial charge in [-0.1, -0.05) is 6.07 Å². The summed E-state index contributed by atoms with van der Waals surface area (Å²) >= 11 is 0. The maximum atomic E-state index is 13.4. The zero-order chi connectivity index (χ0) is 14.8. The monoisotopic (exact) mass is 292 g/mol. The molecule has 1 aromatic carbocycles. The van der Waals surface area contributed by atoms with Crippen molar-refractivity contribution in [2.24, 2.45) is 5.92 Å². The Kier molecular flexibility index (Phi) is 4.10. The number of hydrogen-bond donors (Lipinski definition) is 2. The van der Waals surface area contributed by atoms with Crippen LogP contribution in [0.3, 0.4) is 0 Å². The molecule has 1 heterocycles. The first kappa shape index (κ1) is 14.3. The molecule has 0 spiro atoms. The van der Waals surface area contributed by atoms with Gasteiger partial charge in [0.05, 0.1) is 6.04 Å². The van der Waals surface area contributed by atoms with Crippen molar-refractivity contribution in [2.75, 3.05) is 19.7 Å². The Hall–Kier alpha value is -1.62. The molecular formula is C16H21FN2O2. The van der Waals surface area contributed by atoms with E-state index in [0.29, 0.717) is 19.0 Å². The number of hydrogen-bond acceptors (Lipinski definition) is 2. The minimum absolute atomic E-state index is 0.0755. The standard InChI is InChI=1S/C16H21FN2O2/c17-13-3-1-12-2-4-15(14(12)9-13)18-16(21)19-7-5-11(10-20)6-8-19/h1,3,9,11,15,20H,2,4-8,10H2,(H,18,21). The van der Waals surface area contributed by atoms with Crippen molar-refractivity contribution in [1.29, 1.82) is 0 Å². The van der Waals surface area contributed by atoms with E-state index < -0.39 is 0 Å². The number of carbonyl (C=O) groups excluding carboxylic acids is 1. The zero-order valence-electron chi connectivity index (χ0n) is 12.0. The summed E-state index contributed by atoms with van der Waals surface area (Å²) in [7, 11) is 0. The van der Waals surface area contributed by atoms with E-state index in [1.54, 1.807) is 4.90 Å². The second-order valence-corrected chi connectivity index (χ2v) is 6.00. The molecule has 21 heavy (non-hydrogen) atoms. The summed E-state index contributed by atoms with van der Waals surface area (Å²) in [5.74, 6) is 0.0639. The van der Waals surface area contributed by atoms with Gasteiger partial charge in [-0.15, -0.1) is 0 Å². The van der Waals surface area contributed by atoms with Gasteiger partial charge in [0.15, 0.2) is 0 Å². The molecule has 1 saturated heterocycles. The molecule has 0 saturated carbocycles. The average Bonchev–Trinajstić information content (AvgIpc) is 2.89. The number of aliphatic hydroxyl groups excluding tert-OH is 1. The van der Waals surface area contributed by atoms with Gasteiger partial charge < -0.3 is 15.3 Å². The van der Waals surface area contributed by atoms with Gasteiger partial charge in [-0.2, -0.15) is 0 Å². The summed E-state index contributed by atoms with van der Waals surface area (Å²) < 4.78 is 13.4. The van der Waals surface area contributed by atoms with Crippen molar-refractivity contribution < 1.29 is 14.3 Å².